The summed E-state index contributed by atoms with van der Waals surface area (Å²) in [5.41, 5.74) is 11.0. The predicted octanol–water partition coefficient (Wildman–Crippen LogP) is 2.17. The van der Waals surface area contributed by atoms with Gasteiger partial charge in [0.2, 0.25) is 6.43 Å². The van der Waals surface area contributed by atoms with Crippen molar-refractivity contribution in [3.8, 4) is 0 Å². The van der Waals surface area contributed by atoms with Gasteiger partial charge < -0.3 is 10.5 Å². The van der Waals surface area contributed by atoms with Crippen molar-refractivity contribution in [1.29, 1.82) is 0 Å². The largest absolute Gasteiger partial charge is 0.395 e. The third-order valence-corrected chi connectivity index (χ3v) is 6.27. The number of rotatable bonds is 1. The van der Waals surface area contributed by atoms with Gasteiger partial charge in [-0.1, -0.05) is 19.3 Å². The van der Waals surface area contributed by atoms with Crippen LogP contribution in [0.5, 0.6) is 0 Å². The molecule has 3 heterocycles. The molecule has 0 saturated carbocycles. The summed E-state index contributed by atoms with van der Waals surface area (Å²) in [5, 5.41) is 6.39. The third kappa shape index (κ3) is 5.56. The van der Waals surface area contributed by atoms with E-state index < -0.39 is 60.7 Å². The van der Waals surface area contributed by atoms with Gasteiger partial charge in [-0.05, 0) is 33.1 Å². The Morgan fingerprint density at radius 1 is 1.07 bits per heavy atom. The summed E-state index contributed by atoms with van der Waals surface area (Å²) in [4.78, 5) is 0. The lowest BCUT2D eigenvalue weighted by molar-refractivity contribution is -0.211. The molecular weight excluding hydrogens is 397 g/mol. The smallest absolute Gasteiger partial charge is 0.340 e. The second-order valence-electron chi connectivity index (χ2n) is 9.11. The maximum Gasteiger partial charge on any atom is 0.395 e. The number of fused-ring (bicyclic) bond motifs is 5. The van der Waals surface area contributed by atoms with E-state index in [9.17, 15) is 22.0 Å². The number of nitrogens with one attached hydrogen (secondary N) is 4. The summed E-state index contributed by atoms with van der Waals surface area (Å²) in [7, 11) is 0. The van der Waals surface area contributed by atoms with Crippen molar-refractivity contribution in [2.45, 2.75) is 101 Å². The van der Waals surface area contributed by atoms with Crippen LogP contribution in [0.1, 0.15) is 52.4 Å². The van der Waals surface area contributed by atoms with Crippen molar-refractivity contribution in [3.05, 3.63) is 0 Å². The first kappa shape index (κ1) is 23.1. The minimum Gasteiger partial charge on any atom is -0.340 e. The van der Waals surface area contributed by atoms with Crippen LogP contribution in [-0.2, 0) is 4.74 Å². The zero-order chi connectivity index (χ0) is 21.4. The van der Waals surface area contributed by atoms with Crippen LogP contribution < -0.4 is 27.2 Å². The monoisotopic (exact) mass is 429 g/mol. The molecule has 0 aromatic carbocycles. The van der Waals surface area contributed by atoms with Gasteiger partial charge in [-0.2, -0.15) is 13.2 Å². The topological polar surface area (TPSA) is 83.4 Å². The number of hydrazine groups is 1. The van der Waals surface area contributed by atoms with E-state index in [4.69, 9.17) is 10.5 Å². The number of alkyl halides is 5. The zero-order valence-electron chi connectivity index (χ0n) is 16.7. The predicted molar refractivity (Wildman–Crippen MR) is 97.6 cm³/mol. The molecule has 0 aromatic heterocycles. The van der Waals surface area contributed by atoms with Gasteiger partial charge in [0, 0.05) is 17.5 Å². The van der Waals surface area contributed by atoms with Crippen molar-refractivity contribution in [2.24, 2.45) is 17.6 Å². The summed E-state index contributed by atoms with van der Waals surface area (Å²) in [6, 6.07) is -1.31. The Morgan fingerprint density at radius 2 is 1.76 bits per heavy atom. The van der Waals surface area contributed by atoms with Gasteiger partial charge in [0.15, 0.2) is 0 Å². The zero-order valence-corrected chi connectivity index (χ0v) is 16.7. The van der Waals surface area contributed by atoms with Gasteiger partial charge in [0.25, 0.3) is 0 Å². The first-order valence-corrected chi connectivity index (χ1v) is 10.3. The summed E-state index contributed by atoms with van der Waals surface area (Å²) in [5.74, 6) is -2.65. The van der Waals surface area contributed by atoms with Crippen molar-refractivity contribution in [2.75, 3.05) is 0 Å². The molecule has 0 spiro atoms. The fraction of sp³-hybridized carbons (Fsp3) is 1.00. The highest BCUT2D eigenvalue weighted by Crippen LogP contribution is 2.36. The Balaban J connectivity index is 1.84. The summed E-state index contributed by atoms with van der Waals surface area (Å²) in [6.07, 6.45) is -7.36. The van der Waals surface area contributed by atoms with E-state index in [0.29, 0.717) is 25.7 Å². The standard InChI is InChI=1S/C18H32F5N5O/c1-17(2)7-5-3-4-6-10(18(21,22)23)15-27-28-16(29-15)12-11(24)8-9(13(19)20)14(25-12)26-17/h9-16,25-28H,3-8,24H2,1-2H3/t9?,10-,11?,12?,14?,15?,16?/m1/s1. The van der Waals surface area contributed by atoms with E-state index in [2.05, 4.69) is 21.5 Å². The van der Waals surface area contributed by atoms with Crippen LogP contribution >= 0.6 is 0 Å². The minimum absolute atomic E-state index is 0.0380. The van der Waals surface area contributed by atoms with Crippen LogP contribution in [-0.4, -0.2) is 48.8 Å². The molecule has 3 rings (SSSR count). The molecule has 3 aliphatic rings. The molecule has 6 N–H and O–H groups in total. The fourth-order valence-electron chi connectivity index (χ4n) is 4.61. The Hall–Kier alpha value is -0.590. The van der Waals surface area contributed by atoms with E-state index in [0.717, 1.165) is 0 Å². The van der Waals surface area contributed by atoms with E-state index in [1.54, 1.807) is 0 Å². The van der Waals surface area contributed by atoms with Crippen LogP contribution in [0, 0.1) is 11.8 Å². The molecule has 7 atom stereocenters. The van der Waals surface area contributed by atoms with Gasteiger partial charge >= 0.3 is 6.18 Å². The maximum atomic E-state index is 13.7. The molecule has 170 valence electrons. The highest BCUT2D eigenvalue weighted by molar-refractivity contribution is 5.00. The van der Waals surface area contributed by atoms with Gasteiger partial charge in [0.1, 0.15) is 12.5 Å². The number of nitrogens with two attached hydrogens (primary N) is 1. The average Bonchev–Trinajstić information content (AvgIpc) is 3.06. The lowest BCUT2D eigenvalue weighted by Gasteiger charge is -2.46. The van der Waals surface area contributed by atoms with Gasteiger partial charge in [-0.25, -0.2) is 19.6 Å². The molecule has 6 unspecified atom stereocenters. The second kappa shape index (κ2) is 8.88. The van der Waals surface area contributed by atoms with Gasteiger partial charge in [0.05, 0.1) is 18.1 Å². The lowest BCUT2D eigenvalue weighted by Crippen LogP contribution is -2.70. The third-order valence-electron chi connectivity index (χ3n) is 6.27. The Labute approximate surface area is 167 Å². The highest BCUT2D eigenvalue weighted by atomic mass is 19.4. The molecular formula is C18H32F5N5O. The average molecular weight is 429 g/mol. The van der Waals surface area contributed by atoms with Crippen molar-refractivity contribution in [3.63, 3.8) is 0 Å². The molecule has 11 heteroatoms. The normalized spacial score (nSPS) is 41.9. The molecule has 3 saturated heterocycles. The Bertz CT molecular complexity index is 549. The lowest BCUT2D eigenvalue weighted by atomic mass is 9.85. The van der Waals surface area contributed by atoms with Crippen LogP contribution in [0.4, 0.5) is 22.0 Å². The first-order chi connectivity index (χ1) is 13.5. The molecule has 0 aromatic rings. The number of hydrogen-bond donors (Lipinski definition) is 5. The molecule has 3 fully saturated rings. The number of hydrogen-bond acceptors (Lipinski definition) is 6. The minimum atomic E-state index is -4.41. The summed E-state index contributed by atoms with van der Waals surface area (Å²) in [6.45, 7) is 3.85. The SMILES string of the molecule is CC1(C)CCCCC[C@@H](C(F)(F)F)C2NNC(O2)C2NC(N1)C(C(F)F)CC2N. The van der Waals surface area contributed by atoms with Crippen molar-refractivity contribution < 1.29 is 26.7 Å². The number of ether oxygens (including phenoxy) is 1. The van der Waals surface area contributed by atoms with E-state index in [1.807, 2.05) is 13.8 Å². The van der Waals surface area contributed by atoms with Crippen LogP contribution in [0.2, 0.25) is 0 Å². The molecule has 0 amide bonds. The molecule has 6 nitrogen and oxygen atoms in total. The number of halogens is 5. The quantitative estimate of drug-likeness (QED) is 0.411. The highest BCUT2D eigenvalue weighted by Gasteiger charge is 2.51. The molecule has 3 aliphatic heterocycles. The first-order valence-electron chi connectivity index (χ1n) is 10.3. The Kier molecular flexibility index (Phi) is 7.06. The fourth-order valence-corrected chi connectivity index (χ4v) is 4.61. The van der Waals surface area contributed by atoms with E-state index in [-0.39, 0.29) is 12.8 Å². The van der Waals surface area contributed by atoms with Crippen LogP contribution in [0.25, 0.3) is 0 Å². The Morgan fingerprint density at radius 3 is 2.41 bits per heavy atom. The van der Waals surface area contributed by atoms with Crippen molar-refractivity contribution >= 4 is 0 Å². The molecule has 0 radical (unpaired) electrons. The summed E-state index contributed by atoms with van der Waals surface area (Å²) < 4.78 is 73.7. The molecule has 0 aliphatic carbocycles. The van der Waals surface area contributed by atoms with Crippen LogP contribution in [0.15, 0.2) is 0 Å². The van der Waals surface area contributed by atoms with Gasteiger partial charge in [-0.3, -0.25) is 10.6 Å². The number of piperidine rings is 1. The maximum absolute atomic E-state index is 13.7. The second-order valence-corrected chi connectivity index (χ2v) is 9.11. The van der Waals surface area contributed by atoms with Crippen molar-refractivity contribution in [1.82, 2.24) is 21.5 Å². The van der Waals surface area contributed by atoms with Gasteiger partial charge in [-0.15, -0.1) is 0 Å². The molecule has 4 bridgehead atoms. The summed E-state index contributed by atoms with van der Waals surface area (Å²) >= 11 is 0. The van der Waals surface area contributed by atoms with E-state index >= 15 is 0 Å². The van der Waals surface area contributed by atoms with Crippen LogP contribution in [0.3, 0.4) is 0 Å². The molecule has 29 heavy (non-hydrogen) atoms. The van der Waals surface area contributed by atoms with E-state index in [1.165, 1.54) is 0 Å².